The molecule has 11 heteroatoms. The van der Waals surface area contributed by atoms with Gasteiger partial charge in [-0.25, -0.2) is 9.48 Å². The van der Waals surface area contributed by atoms with Crippen LogP contribution in [0.5, 0.6) is 0 Å². The zero-order valence-corrected chi connectivity index (χ0v) is 17.3. The first kappa shape index (κ1) is 19.6. The van der Waals surface area contributed by atoms with E-state index in [2.05, 4.69) is 20.8 Å². The lowest BCUT2D eigenvalue weighted by molar-refractivity contribution is -0.113. The number of hydrogen-bond donors (Lipinski definition) is 1. The number of tetrazole rings is 1. The zero-order chi connectivity index (χ0) is 20.2. The summed E-state index contributed by atoms with van der Waals surface area (Å²) < 4.78 is 12.1. The molecule has 0 aromatic carbocycles. The van der Waals surface area contributed by atoms with E-state index in [1.165, 1.54) is 23.1 Å². The highest BCUT2D eigenvalue weighted by molar-refractivity contribution is 7.99. The van der Waals surface area contributed by atoms with Crippen molar-refractivity contribution in [2.75, 3.05) is 17.7 Å². The van der Waals surface area contributed by atoms with Gasteiger partial charge in [0.25, 0.3) is 0 Å². The Bertz CT molecular complexity index is 994. The number of thioether (sulfide) groups is 1. The Morgan fingerprint density at radius 2 is 2.31 bits per heavy atom. The average molecular weight is 434 g/mol. The normalized spacial score (nSPS) is 13.4. The molecule has 1 N–H and O–H groups in total. The second kappa shape index (κ2) is 8.78. The van der Waals surface area contributed by atoms with Gasteiger partial charge in [0.1, 0.15) is 17.3 Å². The molecule has 1 aliphatic carbocycles. The van der Waals surface area contributed by atoms with Crippen LogP contribution in [-0.2, 0) is 16.1 Å². The average Bonchev–Trinajstić information content (AvgIpc) is 3.08. The van der Waals surface area contributed by atoms with Crippen LogP contribution in [0.25, 0.3) is 0 Å². The lowest BCUT2D eigenvalue weighted by Crippen LogP contribution is -2.17. The summed E-state index contributed by atoms with van der Waals surface area (Å²) in [7, 11) is 0. The van der Waals surface area contributed by atoms with Gasteiger partial charge in [-0.1, -0.05) is 11.8 Å². The van der Waals surface area contributed by atoms with Gasteiger partial charge in [-0.2, -0.15) is 0 Å². The summed E-state index contributed by atoms with van der Waals surface area (Å²) in [5, 5.41) is 17.4. The van der Waals surface area contributed by atoms with Crippen molar-refractivity contribution in [2.24, 2.45) is 0 Å². The van der Waals surface area contributed by atoms with Crippen molar-refractivity contribution in [2.45, 2.75) is 37.4 Å². The molecule has 1 saturated carbocycles. The van der Waals surface area contributed by atoms with Gasteiger partial charge in [-0.15, -0.1) is 16.4 Å². The molecule has 3 heterocycles. The number of esters is 1. The first-order valence-electron chi connectivity index (χ1n) is 9.15. The third-order valence-corrected chi connectivity index (χ3v) is 6.16. The number of rotatable bonds is 9. The van der Waals surface area contributed by atoms with E-state index in [-0.39, 0.29) is 17.6 Å². The third kappa shape index (κ3) is 4.67. The molecule has 1 fully saturated rings. The molecule has 3 aromatic rings. The van der Waals surface area contributed by atoms with Crippen LogP contribution < -0.4 is 5.32 Å². The summed E-state index contributed by atoms with van der Waals surface area (Å²) in [6.07, 6.45) is 3.70. The number of aromatic nitrogens is 4. The predicted octanol–water partition coefficient (Wildman–Crippen LogP) is 3.16. The highest BCUT2D eigenvalue weighted by Gasteiger charge is 2.32. The van der Waals surface area contributed by atoms with Crippen LogP contribution in [0.15, 0.2) is 33.3 Å². The summed E-state index contributed by atoms with van der Waals surface area (Å²) in [5.41, 5.74) is 1.46. The fraction of sp³-hybridized carbons (Fsp3) is 0.389. The van der Waals surface area contributed by atoms with Crippen molar-refractivity contribution in [3.05, 3.63) is 40.7 Å². The molecule has 0 spiro atoms. The second-order valence-electron chi connectivity index (χ2n) is 6.43. The van der Waals surface area contributed by atoms with Gasteiger partial charge in [0, 0.05) is 0 Å². The summed E-state index contributed by atoms with van der Waals surface area (Å²) in [6, 6.07) is 3.62. The molecular formula is C18H19N5O4S2. The van der Waals surface area contributed by atoms with Gasteiger partial charge in [0.2, 0.25) is 11.1 Å². The fourth-order valence-electron chi connectivity index (χ4n) is 2.81. The van der Waals surface area contributed by atoms with Gasteiger partial charge in [-0.3, -0.25) is 4.79 Å². The maximum atomic E-state index is 12.5. The number of thiophene rings is 1. The largest absolute Gasteiger partial charge is 0.467 e. The van der Waals surface area contributed by atoms with Crippen molar-refractivity contribution in [1.29, 1.82) is 0 Å². The van der Waals surface area contributed by atoms with Crippen molar-refractivity contribution in [1.82, 2.24) is 20.2 Å². The van der Waals surface area contributed by atoms with Crippen LogP contribution in [0.3, 0.4) is 0 Å². The number of anilines is 1. The topological polar surface area (TPSA) is 112 Å². The van der Waals surface area contributed by atoms with Crippen LogP contribution in [-0.4, -0.2) is 44.4 Å². The van der Waals surface area contributed by atoms with E-state index < -0.39 is 0 Å². The highest BCUT2D eigenvalue weighted by atomic mass is 32.2. The Labute approximate surface area is 174 Å². The molecule has 0 bridgehead atoms. The molecule has 4 rings (SSSR count). The number of furan rings is 1. The van der Waals surface area contributed by atoms with Crippen LogP contribution in [0.2, 0.25) is 0 Å². The highest BCUT2D eigenvalue weighted by Crippen LogP contribution is 2.46. The smallest absolute Gasteiger partial charge is 0.341 e. The van der Waals surface area contributed by atoms with E-state index in [1.54, 1.807) is 23.9 Å². The van der Waals surface area contributed by atoms with Gasteiger partial charge in [-0.05, 0) is 59.2 Å². The monoisotopic (exact) mass is 433 g/mol. The van der Waals surface area contributed by atoms with E-state index in [4.69, 9.17) is 9.15 Å². The number of amides is 1. The van der Waals surface area contributed by atoms with Crippen LogP contribution >= 0.6 is 23.1 Å². The summed E-state index contributed by atoms with van der Waals surface area (Å²) in [4.78, 5) is 24.9. The number of ether oxygens (including phenoxy) is 1. The minimum Gasteiger partial charge on any atom is -0.467 e. The van der Waals surface area contributed by atoms with E-state index in [0.29, 0.717) is 40.6 Å². The molecule has 9 nitrogen and oxygen atoms in total. The van der Waals surface area contributed by atoms with E-state index in [1.807, 2.05) is 11.4 Å². The minimum atomic E-state index is -0.388. The molecule has 152 valence electrons. The van der Waals surface area contributed by atoms with Gasteiger partial charge < -0.3 is 14.5 Å². The van der Waals surface area contributed by atoms with Gasteiger partial charge in [0.15, 0.2) is 0 Å². The Balaban J connectivity index is 1.39. The van der Waals surface area contributed by atoms with Crippen LogP contribution in [0.4, 0.5) is 5.00 Å². The van der Waals surface area contributed by atoms with Crippen molar-refractivity contribution in [3.8, 4) is 0 Å². The van der Waals surface area contributed by atoms with Crippen molar-refractivity contribution in [3.63, 3.8) is 0 Å². The maximum absolute atomic E-state index is 12.5. The Morgan fingerprint density at radius 3 is 3.03 bits per heavy atom. The van der Waals surface area contributed by atoms with E-state index >= 15 is 0 Å². The van der Waals surface area contributed by atoms with Crippen LogP contribution in [0, 0.1) is 0 Å². The molecule has 0 unspecified atom stereocenters. The SMILES string of the molecule is CCOC(=O)c1c(C2CC2)csc1NC(=O)CSc1nnnn1Cc1ccco1. The molecule has 0 aliphatic heterocycles. The predicted molar refractivity (Wildman–Crippen MR) is 107 cm³/mol. The standard InChI is InChI=1S/C18H19N5O4S2/c1-2-26-17(25)15-13(11-5-6-11)9-28-16(15)19-14(24)10-29-18-20-21-22-23(18)8-12-4-3-7-27-12/h3-4,7,9,11H,2,5-6,8,10H2,1H3,(H,19,24). The number of nitrogens with one attached hydrogen (secondary N) is 1. The molecule has 29 heavy (non-hydrogen) atoms. The minimum absolute atomic E-state index is 0.109. The molecule has 1 aliphatic rings. The Hall–Kier alpha value is -2.66. The fourth-order valence-corrected chi connectivity index (χ4v) is 4.54. The third-order valence-electron chi connectivity index (χ3n) is 4.29. The van der Waals surface area contributed by atoms with Gasteiger partial charge >= 0.3 is 5.97 Å². The van der Waals surface area contributed by atoms with Crippen LogP contribution in [0.1, 0.15) is 47.4 Å². The van der Waals surface area contributed by atoms with Gasteiger partial charge in [0.05, 0.1) is 24.2 Å². The van der Waals surface area contributed by atoms with Crippen molar-refractivity contribution >= 4 is 40.0 Å². The summed E-state index contributed by atoms with van der Waals surface area (Å²) >= 11 is 2.57. The molecule has 1 amide bonds. The molecule has 0 saturated heterocycles. The zero-order valence-electron chi connectivity index (χ0n) is 15.7. The quantitative estimate of drug-likeness (QED) is 0.404. The van der Waals surface area contributed by atoms with Crippen molar-refractivity contribution < 1.29 is 18.7 Å². The Kier molecular flexibility index (Phi) is 5.95. The number of carbonyl (C=O) groups is 2. The summed E-state index contributed by atoms with van der Waals surface area (Å²) in [6.45, 7) is 2.44. The van der Waals surface area contributed by atoms with E-state index in [9.17, 15) is 9.59 Å². The Morgan fingerprint density at radius 1 is 1.45 bits per heavy atom. The molecule has 3 aromatic heterocycles. The number of nitrogens with zero attached hydrogens (tertiary/aromatic N) is 4. The molecule has 0 atom stereocenters. The lowest BCUT2D eigenvalue weighted by Gasteiger charge is -2.08. The maximum Gasteiger partial charge on any atom is 0.341 e. The number of hydrogen-bond acceptors (Lipinski definition) is 9. The first-order chi connectivity index (χ1) is 14.2. The number of carbonyl (C=O) groups excluding carboxylic acids is 2. The lowest BCUT2D eigenvalue weighted by atomic mass is 10.1. The first-order valence-corrected chi connectivity index (χ1v) is 11.0. The summed E-state index contributed by atoms with van der Waals surface area (Å²) in [5.74, 6) is 0.585. The van der Waals surface area contributed by atoms with E-state index in [0.717, 1.165) is 18.4 Å². The second-order valence-corrected chi connectivity index (χ2v) is 8.25. The molecule has 0 radical (unpaired) electrons. The molecular weight excluding hydrogens is 414 g/mol.